The van der Waals surface area contributed by atoms with Gasteiger partial charge in [-0.3, -0.25) is 0 Å². The van der Waals surface area contributed by atoms with Gasteiger partial charge in [-0.05, 0) is 36.5 Å². The third kappa shape index (κ3) is 6.28. The highest BCUT2D eigenvalue weighted by molar-refractivity contribution is 7.80. The van der Waals surface area contributed by atoms with Crippen molar-refractivity contribution in [2.24, 2.45) is 0 Å². The van der Waals surface area contributed by atoms with Gasteiger partial charge in [-0.25, -0.2) is 0 Å². The fourth-order valence-corrected chi connectivity index (χ4v) is 2.63. The van der Waals surface area contributed by atoms with Crippen molar-refractivity contribution in [3.63, 3.8) is 0 Å². The predicted molar refractivity (Wildman–Crippen MR) is 99.3 cm³/mol. The maximum Gasteiger partial charge on any atom is 0.387 e. The van der Waals surface area contributed by atoms with Crippen LogP contribution in [0.3, 0.4) is 0 Å². The minimum atomic E-state index is -2.83. The first-order valence-electron chi connectivity index (χ1n) is 7.90. The fourth-order valence-electron chi connectivity index (χ4n) is 2.43. The molecule has 0 saturated heterocycles. The molecule has 2 aromatic rings. The quantitative estimate of drug-likeness (QED) is 0.658. The zero-order valence-corrected chi connectivity index (χ0v) is 14.9. The second-order valence-electron chi connectivity index (χ2n) is 5.78. The Morgan fingerprint density at radius 3 is 2.28 bits per heavy atom. The molecule has 0 aliphatic rings. The molecule has 7 heteroatoms. The summed E-state index contributed by atoms with van der Waals surface area (Å²) in [5, 5.41) is 6.72. The number of halogens is 2. The van der Waals surface area contributed by atoms with Crippen LogP contribution in [0.4, 0.5) is 14.5 Å². The van der Waals surface area contributed by atoms with Crippen LogP contribution in [0.5, 0.6) is 5.75 Å². The van der Waals surface area contributed by atoms with E-state index in [0.717, 1.165) is 0 Å². The molecule has 2 aromatic carbocycles. The zero-order chi connectivity index (χ0) is 18.2. The molecule has 1 atom stereocenters. The summed E-state index contributed by atoms with van der Waals surface area (Å²) in [6.45, 7) is -2.16. The van der Waals surface area contributed by atoms with Crippen molar-refractivity contribution in [3.8, 4) is 5.75 Å². The van der Waals surface area contributed by atoms with Gasteiger partial charge in [0.25, 0.3) is 0 Å². The average Bonchev–Trinajstić information content (AvgIpc) is 2.57. The average molecular weight is 366 g/mol. The summed E-state index contributed by atoms with van der Waals surface area (Å²) < 4.78 is 28.6. The van der Waals surface area contributed by atoms with Gasteiger partial charge in [0.15, 0.2) is 5.11 Å². The minimum Gasteiger partial charge on any atom is -0.435 e. The van der Waals surface area contributed by atoms with Crippen molar-refractivity contribution in [1.29, 1.82) is 0 Å². The molecule has 0 aliphatic heterocycles. The molecule has 3 N–H and O–H groups in total. The first-order valence-corrected chi connectivity index (χ1v) is 8.31. The molecule has 0 saturated carbocycles. The molecule has 134 valence electrons. The Kier molecular flexibility index (Phi) is 7.09. The lowest BCUT2D eigenvalue weighted by atomic mass is 10.1. The van der Waals surface area contributed by atoms with Gasteiger partial charge in [0.2, 0.25) is 0 Å². The molecule has 0 radical (unpaired) electrons. The smallest absolute Gasteiger partial charge is 0.387 e. The summed E-state index contributed by atoms with van der Waals surface area (Å²) >= 11 is 5.31. The van der Waals surface area contributed by atoms with E-state index in [0.29, 0.717) is 17.3 Å². The van der Waals surface area contributed by atoms with Crippen LogP contribution in [0.2, 0.25) is 0 Å². The van der Waals surface area contributed by atoms with Gasteiger partial charge in [-0.2, -0.15) is 8.78 Å². The van der Waals surface area contributed by atoms with Gasteiger partial charge in [-0.1, -0.05) is 30.3 Å². The summed E-state index contributed by atoms with van der Waals surface area (Å²) in [7, 11) is 4.19. The number of hydrogen-bond acceptors (Lipinski definition) is 2. The van der Waals surface area contributed by atoms with Crippen molar-refractivity contribution >= 4 is 23.0 Å². The molecule has 0 heterocycles. The number of alkyl halides is 2. The van der Waals surface area contributed by atoms with E-state index in [4.69, 9.17) is 12.2 Å². The summed E-state index contributed by atoms with van der Waals surface area (Å²) in [6.07, 6.45) is 0. The molecule has 25 heavy (non-hydrogen) atoms. The molecular formula is C18H22F2N3OS+. The molecule has 0 spiro atoms. The first-order chi connectivity index (χ1) is 12.0. The normalized spacial score (nSPS) is 12.1. The summed E-state index contributed by atoms with van der Waals surface area (Å²) in [5.74, 6) is 0.111. The van der Waals surface area contributed by atoms with E-state index < -0.39 is 6.61 Å². The van der Waals surface area contributed by atoms with Gasteiger partial charge in [0, 0.05) is 11.3 Å². The zero-order valence-electron chi connectivity index (χ0n) is 14.1. The molecule has 4 nitrogen and oxygen atoms in total. The number of thiocarbonyl (C=S) groups is 1. The SMILES string of the molecule is C[NH+](C)[C@@H](CNC(=S)Nc1ccc(OC(F)F)cc1)c1ccccc1. The van der Waals surface area contributed by atoms with E-state index in [1.165, 1.54) is 22.6 Å². The maximum absolute atomic E-state index is 12.1. The summed E-state index contributed by atoms with van der Waals surface area (Å²) in [6, 6.07) is 16.7. The van der Waals surface area contributed by atoms with Crippen molar-refractivity contribution in [3.05, 3.63) is 60.2 Å². The van der Waals surface area contributed by atoms with Crippen LogP contribution in [0.1, 0.15) is 11.6 Å². The van der Waals surface area contributed by atoms with Crippen molar-refractivity contribution < 1.29 is 18.4 Å². The van der Waals surface area contributed by atoms with Crippen LogP contribution in [0.15, 0.2) is 54.6 Å². The minimum absolute atomic E-state index is 0.111. The number of nitrogens with one attached hydrogen (secondary N) is 3. The summed E-state index contributed by atoms with van der Waals surface area (Å²) in [5.41, 5.74) is 1.93. The lowest BCUT2D eigenvalue weighted by Crippen LogP contribution is -3.07. The molecule has 0 aliphatic carbocycles. The second kappa shape index (κ2) is 9.29. The van der Waals surface area contributed by atoms with E-state index in [1.54, 1.807) is 12.1 Å². The standard InChI is InChI=1S/C18H21F2N3OS/c1-23(2)16(13-6-4-3-5-7-13)12-21-18(25)22-14-8-10-15(11-9-14)24-17(19)20/h3-11,16-17H,12H2,1-2H3,(H2,21,22,25)/p+1/t16-/m0/s1. The highest BCUT2D eigenvalue weighted by Gasteiger charge is 2.17. The molecule has 0 unspecified atom stereocenters. The highest BCUT2D eigenvalue weighted by Crippen LogP contribution is 2.17. The topological polar surface area (TPSA) is 37.7 Å². The van der Waals surface area contributed by atoms with Crippen LogP contribution in [0, 0.1) is 0 Å². The Balaban J connectivity index is 1.89. The summed E-state index contributed by atoms with van der Waals surface area (Å²) in [4.78, 5) is 1.29. The molecule has 0 aromatic heterocycles. The monoisotopic (exact) mass is 366 g/mol. The number of rotatable bonds is 7. The Hall–Kier alpha value is -2.25. The second-order valence-corrected chi connectivity index (χ2v) is 6.19. The van der Waals surface area contributed by atoms with Gasteiger partial charge in [0.05, 0.1) is 20.6 Å². The molecule has 0 fully saturated rings. The Bertz CT molecular complexity index is 666. The largest absolute Gasteiger partial charge is 0.435 e. The van der Waals surface area contributed by atoms with Crippen molar-refractivity contribution in [2.45, 2.75) is 12.7 Å². The van der Waals surface area contributed by atoms with E-state index in [-0.39, 0.29) is 11.8 Å². The lowest BCUT2D eigenvalue weighted by molar-refractivity contribution is -0.890. The molecular weight excluding hydrogens is 344 g/mol. The Morgan fingerprint density at radius 2 is 1.72 bits per heavy atom. The van der Waals surface area contributed by atoms with Crippen molar-refractivity contribution in [1.82, 2.24) is 5.32 Å². The molecule has 0 amide bonds. The van der Waals surface area contributed by atoms with Crippen LogP contribution in [0.25, 0.3) is 0 Å². The van der Waals surface area contributed by atoms with Gasteiger partial charge < -0.3 is 20.3 Å². The number of quaternary nitrogens is 1. The van der Waals surface area contributed by atoms with E-state index in [1.807, 2.05) is 18.2 Å². The number of ether oxygens (including phenoxy) is 1. The van der Waals surface area contributed by atoms with Crippen LogP contribution >= 0.6 is 12.2 Å². The van der Waals surface area contributed by atoms with Gasteiger partial charge in [-0.15, -0.1) is 0 Å². The third-order valence-electron chi connectivity index (χ3n) is 3.70. The Morgan fingerprint density at radius 1 is 1.08 bits per heavy atom. The van der Waals surface area contributed by atoms with E-state index in [9.17, 15) is 8.78 Å². The third-order valence-corrected chi connectivity index (χ3v) is 3.95. The predicted octanol–water partition coefficient (Wildman–Crippen LogP) is 2.46. The van der Waals surface area contributed by atoms with Gasteiger partial charge in [0.1, 0.15) is 11.8 Å². The van der Waals surface area contributed by atoms with Crippen molar-refractivity contribution in [2.75, 3.05) is 26.0 Å². The number of hydrogen-bond donors (Lipinski definition) is 3. The Labute approximate surface area is 151 Å². The maximum atomic E-state index is 12.1. The molecule has 2 rings (SSSR count). The van der Waals surface area contributed by atoms with E-state index in [2.05, 4.69) is 41.6 Å². The van der Waals surface area contributed by atoms with E-state index >= 15 is 0 Å². The van der Waals surface area contributed by atoms with Gasteiger partial charge >= 0.3 is 6.61 Å². The van der Waals surface area contributed by atoms with Crippen LogP contribution in [-0.2, 0) is 0 Å². The molecule has 0 bridgehead atoms. The van der Waals surface area contributed by atoms with Crippen LogP contribution < -0.4 is 20.3 Å². The first kappa shape index (κ1) is 19.1. The lowest BCUT2D eigenvalue weighted by Gasteiger charge is -2.23. The number of anilines is 1. The number of likely N-dealkylation sites (N-methyl/N-ethyl adjacent to an activating group) is 1. The highest BCUT2D eigenvalue weighted by atomic mass is 32.1. The van der Waals surface area contributed by atoms with Crippen LogP contribution in [-0.4, -0.2) is 32.4 Å². The number of benzene rings is 2. The fraction of sp³-hybridized carbons (Fsp3) is 0.278.